The smallest absolute Gasteiger partial charge is 0.354 e. The molecule has 50 heavy (non-hydrogen) atoms. The van der Waals surface area contributed by atoms with Crippen LogP contribution in [0.15, 0.2) is 30.0 Å². The summed E-state index contributed by atoms with van der Waals surface area (Å²) in [6.45, 7) is 5.84. The summed E-state index contributed by atoms with van der Waals surface area (Å²) in [5.41, 5.74) is -3.93. The van der Waals surface area contributed by atoms with Crippen molar-refractivity contribution in [3.8, 4) is 17.2 Å². The normalized spacial score (nSPS) is 25.9. The molecule has 2 aromatic carbocycles. The molecular weight excluding hydrogens is 658 g/mol. The first kappa shape index (κ1) is 36.5. The number of phenols is 2. The maximum Gasteiger partial charge on any atom is 0.354 e. The number of Topliss-reactive ketones (excluding diaryl/α,β-unsaturated/α-hetero) is 1. The average molecular weight is 698 g/mol. The lowest BCUT2D eigenvalue weighted by Crippen LogP contribution is -2.55. The number of rotatable bonds is 10. The molecule has 1 saturated heterocycles. The van der Waals surface area contributed by atoms with Gasteiger partial charge < -0.3 is 49.4 Å². The maximum atomic E-state index is 13.9. The summed E-state index contributed by atoms with van der Waals surface area (Å²) in [6.07, 6.45) is -5.10. The van der Waals surface area contributed by atoms with Gasteiger partial charge in [0, 0.05) is 36.0 Å². The molecule has 6 atom stereocenters. The van der Waals surface area contributed by atoms with Crippen molar-refractivity contribution in [2.75, 3.05) is 20.3 Å². The van der Waals surface area contributed by atoms with Crippen molar-refractivity contribution in [1.29, 1.82) is 0 Å². The molecule has 6 unspecified atom stereocenters. The van der Waals surface area contributed by atoms with Crippen molar-refractivity contribution < 1.29 is 68.1 Å². The Kier molecular flexibility index (Phi) is 10.3. The number of esters is 2. The number of carbonyl (C=O) groups excluding carboxylic acids is 5. The number of hydrogen-bond donors (Lipinski definition) is 5. The second-order valence-corrected chi connectivity index (χ2v) is 12.3. The molecule has 5 N–H and O–H groups in total. The number of aliphatic hydroxyl groups excluding tert-OH is 1. The van der Waals surface area contributed by atoms with E-state index in [4.69, 9.17) is 23.7 Å². The van der Waals surface area contributed by atoms with Crippen molar-refractivity contribution >= 4 is 29.3 Å². The molecule has 0 saturated carbocycles. The molecule has 268 valence electrons. The van der Waals surface area contributed by atoms with Crippen LogP contribution in [0.4, 0.5) is 0 Å². The van der Waals surface area contributed by atoms with Gasteiger partial charge in [-0.05, 0) is 33.8 Å². The van der Waals surface area contributed by atoms with Crippen molar-refractivity contribution in [2.24, 2.45) is 0 Å². The summed E-state index contributed by atoms with van der Waals surface area (Å²) in [5.74, 6) is -5.32. The zero-order chi connectivity index (χ0) is 36.7. The van der Waals surface area contributed by atoms with Crippen LogP contribution in [-0.4, -0.2) is 100 Å². The summed E-state index contributed by atoms with van der Waals surface area (Å²) in [7, 11) is 1.31. The predicted molar refractivity (Wildman–Crippen MR) is 171 cm³/mol. The van der Waals surface area contributed by atoms with E-state index in [-0.39, 0.29) is 53.3 Å². The Hall–Kier alpha value is -4.83. The number of fused-ring (bicyclic) bond motifs is 3. The monoisotopic (exact) mass is 697 g/mol. The molecule has 0 amide bonds. The van der Waals surface area contributed by atoms with Gasteiger partial charge >= 0.3 is 11.9 Å². The quantitative estimate of drug-likeness (QED) is 0.115. The van der Waals surface area contributed by atoms with Gasteiger partial charge in [-0.25, -0.2) is 9.59 Å². The van der Waals surface area contributed by atoms with E-state index in [1.54, 1.807) is 13.8 Å². The van der Waals surface area contributed by atoms with Crippen LogP contribution in [0.3, 0.4) is 0 Å². The highest BCUT2D eigenvalue weighted by Gasteiger charge is 2.49. The van der Waals surface area contributed by atoms with Gasteiger partial charge in [-0.2, -0.15) is 0 Å². The fourth-order valence-electron chi connectivity index (χ4n) is 6.64. The molecule has 0 aromatic heterocycles. The summed E-state index contributed by atoms with van der Waals surface area (Å²) >= 11 is 0. The third kappa shape index (κ3) is 6.44. The number of aromatic hydroxyl groups is 2. The minimum atomic E-state index is -2.13. The fourth-order valence-corrected chi connectivity index (χ4v) is 6.64. The van der Waals surface area contributed by atoms with E-state index < -0.39 is 101 Å². The first-order valence-electron chi connectivity index (χ1n) is 16.1. The first-order valence-corrected chi connectivity index (χ1v) is 16.1. The number of ketones is 3. The molecule has 0 spiro atoms. The Morgan fingerprint density at radius 3 is 2.36 bits per heavy atom. The van der Waals surface area contributed by atoms with E-state index in [2.05, 4.69) is 5.32 Å². The van der Waals surface area contributed by atoms with Crippen molar-refractivity contribution in [1.82, 2.24) is 5.32 Å². The molecule has 0 radical (unpaired) electrons. The highest BCUT2D eigenvalue weighted by molar-refractivity contribution is 6.31. The standard InChI is InChI=1S/C35H39NO14/c1-6-47-23(38)11-20(34(44)48-7-2)36-19-12-24(49-15(3)29(19)39)50-22-14-35(45,16(4)37)13-18-26(22)33(43)28-27(31(18)41)30(40)17-9-8-10-21(46-5)25(17)32(28)42/h8-11,15,19,22,24,29,36,39,41,43,45H,6-7,12-14H2,1-5H3. The van der Waals surface area contributed by atoms with Gasteiger partial charge in [-0.3, -0.25) is 14.4 Å². The van der Waals surface area contributed by atoms with Crippen LogP contribution >= 0.6 is 0 Å². The number of ether oxygens (including phenoxy) is 5. The highest BCUT2D eigenvalue weighted by atomic mass is 16.7. The van der Waals surface area contributed by atoms with Gasteiger partial charge in [0.05, 0.1) is 61.3 Å². The Morgan fingerprint density at radius 2 is 1.72 bits per heavy atom. The number of nitrogens with one attached hydrogen (secondary N) is 1. The third-order valence-corrected chi connectivity index (χ3v) is 9.14. The van der Waals surface area contributed by atoms with Crippen molar-refractivity contribution in [2.45, 2.75) is 83.2 Å². The Balaban J connectivity index is 1.55. The topological polar surface area (TPSA) is 224 Å². The number of aliphatic hydroxyl groups is 2. The van der Waals surface area contributed by atoms with Gasteiger partial charge in [0.15, 0.2) is 17.9 Å². The van der Waals surface area contributed by atoms with Gasteiger partial charge in [0.2, 0.25) is 5.78 Å². The Bertz CT molecular complexity index is 1780. The van der Waals surface area contributed by atoms with Gasteiger partial charge in [-0.1, -0.05) is 12.1 Å². The molecule has 2 aliphatic carbocycles. The van der Waals surface area contributed by atoms with Crippen LogP contribution in [0.1, 0.15) is 89.6 Å². The molecule has 15 nitrogen and oxygen atoms in total. The summed E-state index contributed by atoms with van der Waals surface area (Å²) in [6, 6.07) is 3.36. The SMILES string of the molecule is CCOC(=O)C=C(NC1CC(OC2CC(O)(C(C)=O)Cc3c(O)c4c(c(O)c32)C(=O)c2c(OC)cccc2C4=O)OC(C)C1O)C(=O)OCC. The van der Waals surface area contributed by atoms with Crippen molar-refractivity contribution in [3.05, 3.63) is 63.4 Å². The minimum Gasteiger partial charge on any atom is -0.507 e. The summed E-state index contributed by atoms with van der Waals surface area (Å²) < 4.78 is 27.4. The van der Waals surface area contributed by atoms with Crippen LogP contribution in [0, 0.1) is 0 Å². The highest BCUT2D eigenvalue weighted by Crippen LogP contribution is 2.52. The second-order valence-electron chi connectivity index (χ2n) is 12.3. The van der Waals surface area contributed by atoms with E-state index in [1.165, 1.54) is 32.2 Å². The number of benzene rings is 2. The van der Waals surface area contributed by atoms with Crippen LogP contribution in [0.2, 0.25) is 0 Å². The van der Waals surface area contributed by atoms with Crippen molar-refractivity contribution in [3.63, 3.8) is 0 Å². The second kappa shape index (κ2) is 14.2. The van der Waals surface area contributed by atoms with Crippen LogP contribution in [0.25, 0.3) is 0 Å². The zero-order valence-electron chi connectivity index (χ0n) is 28.1. The van der Waals surface area contributed by atoms with E-state index in [9.17, 15) is 44.4 Å². The number of carbonyl (C=O) groups is 5. The summed E-state index contributed by atoms with van der Waals surface area (Å²) in [5, 5.41) is 48.6. The van der Waals surface area contributed by atoms with E-state index in [0.29, 0.717) is 0 Å². The molecule has 1 fully saturated rings. The first-order chi connectivity index (χ1) is 23.7. The third-order valence-electron chi connectivity index (χ3n) is 9.14. The summed E-state index contributed by atoms with van der Waals surface area (Å²) in [4.78, 5) is 65.3. The largest absolute Gasteiger partial charge is 0.507 e. The lowest BCUT2D eigenvalue weighted by atomic mass is 9.72. The van der Waals surface area contributed by atoms with Gasteiger partial charge in [0.25, 0.3) is 0 Å². The number of phenolic OH excluding ortho intramolecular Hbond substituents is 2. The fraction of sp³-hybridized carbons (Fsp3) is 0.457. The Morgan fingerprint density at radius 1 is 1.04 bits per heavy atom. The van der Waals surface area contributed by atoms with Crippen LogP contribution in [0.5, 0.6) is 17.2 Å². The lowest BCUT2D eigenvalue weighted by Gasteiger charge is -2.43. The minimum absolute atomic E-state index is 0.00813. The number of hydrogen-bond acceptors (Lipinski definition) is 15. The maximum absolute atomic E-state index is 13.9. The molecule has 5 rings (SSSR count). The van der Waals surface area contributed by atoms with E-state index in [0.717, 1.165) is 13.0 Å². The number of methoxy groups -OCH3 is 1. The molecule has 1 aliphatic heterocycles. The molecule has 3 aliphatic rings. The molecule has 15 heteroatoms. The molecule has 1 heterocycles. The molecule has 2 aromatic rings. The van der Waals surface area contributed by atoms with Gasteiger partial charge in [-0.15, -0.1) is 0 Å². The van der Waals surface area contributed by atoms with Gasteiger partial charge in [0.1, 0.15) is 34.7 Å². The van der Waals surface area contributed by atoms with E-state index >= 15 is 0 Å². The molecule has 0 bridgehead atoms. The predicted octanol–water partition coefficient (Wildman–Crippen LogP) is 1.67. The molecular formula is C35H39NO14. The zero-order valence-corrected chi connectivity index (χ0v) is 28.1. The lowest BCUT2D eigenvalue weighted by molar-refractivity contribution is -0.249. The van der Waals surface area contributed by atoms with Crippen LogP contribution < -0.4 is 10.1 Å². The Labute approximate surface area is 286 Å². The van der Waals surface area contributed by atoms with E-state index in [1.807, 2.05) is 0 Å². The van der Waals surface area contributed by atoms with Crippen LogP contribution in [-0.2, 0) is 39.8 Å². The average Bonchev–Trinajstić information content (AvgIpc) is 3.06.